The highest BCUT2D eigenvalue weighted by Crippen LogP contribution is 2.30. The van der Waals surface area contributed by atoms with Gasteiger partial charge < -0.3 is 23.2 Å². The van der Waals surface area contributed by atoms with Gasteiger partial charge in [0, 0.05) is 32.1 Å². The fourth-order valence-electron chi connectivity index (χ4n) is 4.79. The molecule has 3 aliphatic rings. The number of hydrogen-bond donors (Lipinski definition) is 0. The quantitative estimate of drug-likeness (QED) is 0.484. The molecule has 0 aliphatic carbocycles. The van der Waals surface area contributed by atoms with E-state index < -0.39 is 5.79 Å². The van der Waals surface area contributed by atoms with Crippen LogP contribution >= 0.6 is 0 Å². The Hall–Kier alpha value is -0.690. The summed E-state index contributed by atoms with van der Waals surface area (Å²) >= 11 is 0. The van der Waals surface area contributed by atoms with Gasteiger partial charge in [0.25, 0.3) is 0 Å². The predicted molar refractivity (Wildman–Crippen MR) is 99.5 cm³/mol. The van der Waals surface area contributed by atoms with E-state index in [9.17, 15) is 4.79 Å². The summed E-state index contributed by atoms with van der Waals surface area (Å²) in [4.78, 5) is 12.1. The maximum atomic E-state index is 12.1. The van der Waals surface area contributed by atoms with Crippen LogP contribution in [-0.4, -0.2) is 93.4 Å². The minimum absolute atomic E-state index is 0.133. The molecular weight excluding hydrogens is 332 g/mol. The molecule has 150 valence electrons. The monoisotopic (exact) mass is 370 g/mol. The number of esters is 1. The molecule has 0 amide bonds. The number of nitrogens with zero attached hydrogens (tertiary/aromatic N) is 2. The molecule has 0 aromatic heterocycles. The molecule has 0 aromatic carbocycles. The van der Waals surface area contributed by atoms with Crippen LogP contribution in [0.1, 0.15) is 45.4 Å². The number of rotatable bonds is 8. The molecule has 3 fully saturated rings. The highest BCUT2D eigenvalue weighted by molar-refractivity contribution is 5.69. The zero-order valence-electron chi connectivity index (χ0n) is 17.0. The van der Waals surface area contributed by atoms with E-state index in [-0.39, 0.29) is 12.1 Å². The first kappa shape index (κ1) is 20.1. The molecule has 3 saturated heterocycles. The normalized spacial score (nSPS) is 32.8. The van der Waals surface area contributed by atoms with E-state index in [1.807, 2.05) is 6.92 Å². The molecule has 0 N–H and O–H groups in total. The predicted octanol–water partition coefficient (Wildman–Crippen LogP) is 1.92. The fraction of sp³-hybridized carbons (Fsp3) is 0.950. The first-order valence-corrected chi connectivity index (χ1v) is 10.4. The SMILES string of the molecule is CC1(CCC(=O)OCC[N+]2(C)CCCC2)OCC(C[N+]2(C)CCCC2)O1. The van der Waals surface area contributed by atoms with Crippen molar-refractivity contribution >= 4 is 5.97 Å². The second-order valence-electron chi connectivity index (χ2n) is 9.36. The van der Waals surface area contributed by atoms with Crippen LogP contribution in [0.25, 0.3) is 0 Å². The molecule has 26 heavy (non-hydrogen) atoms. The molecule has 3 rings (SSSR count). The highest BCUT2D eigenvalue weighted by atomic mass is 16.7. The van der Waals surface area contributed by atoms with Crippen molar-refractivity contribution in [1.82, 2.24) is 0 Å². The number of ether oxygens (including phenoxy) is 3. The van der Waals surface area contributed by atoms with Crippen molar-refractivity contribution in [2.75, 3.05) is 66.6 Å². The van der Waals surface area contributed by atoms with Crippen LogP contribution in [-0.2, 0) is 19.0 Å². The van der Waals surface area contributed by atoms with E-state index in [0.717, 1.165) is 22.1 Å². The molecule has 6 heteroatoms. The zero-order valence-corrected chi connectivity index (χ0v) is 17.0. The summed E-state index contributed by atoms with van der Waals surface area (Å²) in [6.45, 7) is 9.93. The summed E-state index contributed by atoms with van der Waals surface area (Å²) in [5.74, 6) is -0.776. The van der Waals surface area contributed by atoms with Gasteiger partial charge in [-0.3, -0.25) is 4.79 Å². The average molecular weight is 371 g/mol. The molecule has 0 aromatic rings. The molecule has 3 heterocycles. The third kappa shape index (κ3) is 5.41. The van der Waals surface area contributed by atoms with Crippen LogP contribution in [0.15, 0.2) is 0 Å². The molecule has 3 aliphatic heterocycles. The van der Waals surface area contributed by atoms with Gasteiger partial charge in [0.05, 0.1) is 53.3 Å². The van der Waals surface area contributed by atoms with Gasteiger partial charge in [-0.05, 0) is 6.92 Å². The Balaban J connectivity index is 1.34. The molecule has 2 atom stereocenters. The fourth-order valence-corrected chi connectivity index (χ4v) is 4.79. The standard InChI is InChI=1S/C20H38N2O4/c1-20(25-17-18(26-20)16-22(3)12-6-7-13-22)9-8-19(23)24-15-14-21(2)10-4-5-11-21/h18H,4-17H2,1-3H3/q+2. The lowest BCUT2D eigenvalue weighted by Gasteiger charge is -2.32. The van der Waals surface area contributed by atoms with Crippen molar-refractivity contribution in [2.45, 2.75) is 57.3 Å². The molecule has 2 unspecified atom stereocenters. The third-order valence-corrected chi connectivity index (χ3v) is 6.60. The Bertz CT molecular complexity index is 486. The van der Waals surface area contributed by atoms with Crippen LogP contribution in [0.2, 0.25) is 0 Å². The lowest BCUT2D eigenvalue weighted by Crippen LogP contribution is -2.47. The van der Waals surface area contributed by atoms with Crippen LogP contribution in [0.4, 0.5) is 0 Å². The lowest BCUT2D eigenvalue weighted by atomic mass is 10.1. The molecule has 0 saturated carbocycles. The number of quaternary nitrogens is 2. The molecule has 0 bridgehead atoms. The number of carbonyl (C=O) groups excluding carboxylic acids is 1. The first-order valence-electron chi connectivity index (χ1n) is 10.4. The van der Waals surface area contributed by atoms with Gasteiger partial charge in [-0.25, -0.2) is 0 Å². The maximum absolute atomic E-state index is 12.1. The summed E-state index contributed by atoms with van der Waals surface area (Å²) < 4.78 is 19.7. The molecular formula is C20H38N2O4+2. The van der Waals surface area contributed by atoms with Gasteiger partial charge in [0.15, 0.2) is 5.79 Å². The van der Waals surface area contributed by atoms with Gasteiger partial charge in [-0.15, -0.1) is 0 Å². The molecule has 0 radical (unpaired) electrons. The second-order valence-corrected chi connectivity index (χ2v) is 9.36. The van der Waals surface area contributed by atoms with E-state index in [0.29, 0.717) is 26.1 Å². The van der Waals surface area contributed by atoms with Crippen LogP contribution < -0.4 is 0 Å². The Labute approximate surface area is 158 Å². The molecule has 6 nitrogen and oxygen atoms in total. The van der Waals surface area contributed by atoms with E-state index >= 15 is 0 Å². The zero-order chi connectivity index (χ0) is 18.7. The number of carbonyl (C=O) groups is 1. The van der Waals surface area contributed by atoms with Gasteiger partial charge in [-0.2, -0.15) is 0 Å². The van der Waals surface area contributed by atoms with E-state index in [1.165, 1.54) is 51.9 Å². The molecule has 0 spiro atoms. The highest BCUT2D eigenvalue weighted by Gasteiger charge is 2.41. The van der Waals surface area contributed by atoms with Crippen molar-refractivity contribution in [3.8, 4) is 0 Å². The topological polar surface area (TPSA) is 44.8 Å². The number of hydrogen-bond acceptors (Lipinski definition) is 4. The summed E-state index contributed by atoms with van der Waals surface area (Å²) in [6, 6.07) is 0. The summed E-state index contributed by atoms with van der Waals surface area (Å²) in [5.41, 5.74) is 0. The minimum atomic E-state index is -0.643. The summed E-state index contributed by atoms with van der Waals surface area (Å²) in [7, 11) is 4.57. The third-order valence-electron chi connectivity index (χ3n) is 6.60. The largest absolute Gasteiger partial charge is 0.460 e. The Morgan fingerprint density at radius 1 is 1.08 bits per heavy atom. The summed E-state index contributed by atoms with van der Waals surface area (Å²) in [5, 5.41) is 0. The lowest BCUT2D eigenvalue weighted by molar-refractivity contribution is -0.900. The maximum Gasteiger partial charge on any atom is 0.306 e. The van der Waals surface area contributed by atoms with Crippen molar-refractivity contribution in [2.24, 2.45) is 0 Å². The van der Waals surface area contributed by atoms with E-state index in [2.05, 4.69) is 14.1 Å². The van der Waals surface area contributed by atoms with Crippen molar-refractivity contribution in [3.05, 3.63) is 0 Å². The first-order chi connectivity index (χ1) is 12.3. The van der Waals surface area contributed by atoms with Crippen LogP contribution in [0.5, 0.6) is 0 Å². The minimum Gasteiger partial charge on any atom is -0.460 e. The van der Waals surface area contributed by atoms with Crippen molar-refractivity contribution in [1.29, 1.82) is 0 Å². The van der Waals surface area contributed by atoms with E-state index in [1.54, 1.807) is 0 Å². The Kier molecular flexibility index (Phi) is 6.27. The van der Waals surface area contributed by atoms with Gasteiger partial charge in [0.1, 0.15) is 25.8 Å². The number of likely N-dealkylation sites (tertiary alicyclic amines) is 2. The van der Waals surface area contributed by atoms with Crippen LogP contribution in [0.3, 0.4) is 0 Å². The average Bonchev–Trinajstić information content (AvgIpc) is 3.28. The van der Waals surface area contributed by atoms with Gasteiger partial charge in [-0.1, -0.05) is 0 Å². The number of likely N-dealkylation sites (N-methyl/N-ethyl adjacent to an activating group) is 2. The van der Waals surface area contributed by atoms with Crippen molar-refractivity contribution < 1.29 is 28.0 Å². The smallest absolute Gasteiger partial charge is 0.306 e. The second kappa shape index (κ2) is 8.13. The van der Waals surface area contributed by atoms with Crippen molar-refractivity contribution in [3.63, 3.8) is 0 Å². The van der Waals surface area contributed by atoms with E-state index in [4.69, 9.17) is 14.2 Å². The van der Waals surface area contributed by atoms with Gasteiger partial charge >= 0.3 is 5.97 Å². The Morgan fingerprint density at radius 2 is 1.69 bits per heavy atom. The van der Waals surface area contributed by atoms with Gasteiger partial charge in [0.2, 0.25) is 0 Å². The Morgan fingerprint density at radius 3 is 2.35 bits per heavy atom. The summed E-state index contributed by atoms with van der Waals surface area (Å²) in [6.07, 6.45) is 6.26. The van der Waals surface area contributed by atoms with Crippen LogP contribution in [0, 0.1) is 0 Å².